The van der Waals surface area contributed by atoms with E-state index in [-0.39, 0.29) is 5.56 Å². The maximum absolute atomic E-state index is 12.8. The number of pyridine rings is 1. The average molecular weight is 220 g/mol. The van der Waals surface area contributed by atoms with E-state index in [0.717, 1.165) is 0 Å². The van der Waals surface area contributed by atoms with Crippen molar-refractivity contribution in [3.8, 4) is 22.4 Å². The fourth-order valence-electron chi connectivity index (χ4n) is 1.81. The molecule has 0 amide bonds. The molecule has 3 heterocycles. The number of halogens is 3. The van der Waals surface area contributed by atoms with Crippen LogP contribution in [0.3, 0.4) is 0 Å². The molecule has 2 aromatic rings. The summed E-state index contributed by atoms with van der Waals surface area (Å²) in [6.07, 6.45) is -2.83. The molecule has 0 saturated carbocycles. The first-order valence-electron chi connectivity index (χ1n) is 4.66. The van der Waals surface area contributed by atoms with Crippen molar-refractivity contribution in [1.29, 1.82) is 0 Å². The molecule has 1 aromatic heterocycles. The highest BCUT2D eigenvalue weighted by Crippen LogP contribution is 2.40. The van der Waals surface area contributed by atoms with Crippen molar-refractivity contribution in [2.24, 2.45) is 0 Å². The maximum atomic E-state index is 12.8. The Morgan fingerprint density at radius 1 is 1.06 bits per heavy atom. The zero-order valence-electron chi connectivity index (χ0n) is 7.97. The molecule has 0 unspecified atom stereocenters. The fraction of sp³-hybridized carbons (Fsp3) is 0.0833. The largest absolute Gasteiger partial charge is 0.417 e. The van der Waals surface area contributed by atoms with Crippen molar-refractivity contribution < 1.29 is 13.2 Å². The van der Waals surface area contributed by atoms with E-state index in [1.807, 2.05) is 0 Å². The zero-order valence-corrected chi connectivity index (χ0v) is 7.97. The number of nitrogens with zero attached hydrogens (tertiary/aromatic N) is 1. The molecule has 1 radical (unpaired) electrons. The van der Waals surface area contributed by atoms with Crippen molar-refractivity contribution in [3.63, 3.8) is 0 Å². The highest BCUT2D eigenvalue weighted by atomic mass is 19.4. The summed E-state index contributed by atoms with van der Waals surface area (Å²) < 4.78 is 38.3. The number of alkyl halides is 3. The Morgan fingerprint density at radius 2 is 1.88 bits per heavy atom. The standard InChI is InChI=1S/C12H5F3N/c13-12(14,15)10-5-7-1-3-9(10)11-4-2-8(7)6-16-11/h1-4,6H. The molecular weight excluding hydrogens is 215 g/mol. The average Bonchev–Trinajstić information content (AvgIpc) is 2.22. The van der Waals surface area contributed by atoms with Gasteiger partial charge in [0.2, 0.25) is 0 Å². The third-order valence-electron chi connectivity index (χ3n) is 2.58. The molecule has 0 N–H and O–H groups in total. The van der Waals surface area contributed by atoms with Crippen LogP contribution in [0.15, 0.2) is 30.5 Å². The highest BCUT2D eigenvalue weighted by Gasteiger charge is 2.35. The molecule has 2 aliphatic carbocycles. The molecule has 6 rings (SSSR count). The lowest BCUT2D eigenvalue weighted by Gasteiger charge is -2.17. The lowest BCUT2D eigenvalue weighted by atomic mass is 9.94. The predicted octanol–water partition coefficient (Wildman–Crippen LogP) is 3.55. The van der Waals surface area contributed by atoms with E-state index >= 15 is 0 Å². The Labute approximate surface area is 89.6 Å². The Morgan fingerprint density at radius 3 is 2.50 bits per heavy atom. The SMILES string of the molecule is FC(F)(F)c1[c]c2ccc1-c1ccc-2cn1. The normalized spacial score (nSPS) is 12.7. The van der Waals surface area contributed by atoms with Crippen molar-refractivity contribution in [3.05, 3.63) is 42.1 Å². The Bertz CT molecular complexity index is 555. The first-order chi connectivity index (χ1) is 7.55. The topological polar surface area (TPSA) is 12.9 Å². The van der Waals surface area contributed by atoms with E-state index < -0.39 is 11.7 Å². The van der Waals surface area contributed by atoms with E-state index in [0.29, 0.717) is 16.8 Å². The quantitative estimate of drug-likeness (QED) is 0.564. The van der Waals surface area contributed by atoms with Gasteiger partial charge < -0.3 is 0 Å². The number of aromatic nitrogens is 1. The van der Waals surface area contributed by atoms with E-state index in [2.05, 4.69) is 11.1 Å². The van der Waals surface area contributed by atoms with E-state index in [9.17, 15) is 13.2 Å². The van der Waals surface area contributed by atoms with Gasteiger partial charge in [0.05, 0.1) is 11.3 Å². The van der Waals surface area contributed by atoms with E-state index in [1.165, 1.54) is 6.07 Å². The second-order valence-electron chi connectivity index (χ2n) is 3.59. The van der Waals surface area contributed by atoms with Gasteiger partial charge in [-0.15, -0.1) is 0 Å². The third-order valence-corrected chi connectivity index (χ3v) is 2.58. The lowest BCUT2D eigenvalue weighted by molar-refractivity contribution is -0.137. The van der Waals surface area contributed by atoms with Gasteiger partial charge in [0, 0.05) is 23.4 Å². The van der Waals surface area contributed by atoms with Gasteiger partial charge in [0.1, 0.15) is 0 Å². The van der Waals surface area contributed by atoms with Crippen LogP contribution < -0.4 is 0 Å². The molecule has 1 nitrogen and oxygen atoms in total. The fourth-order valence-corrected chi connectivity index (χ4v) is 1.81. The van der Waals surface area contributed by atoms with Gasteiger partial charge in [-0.3, -0.25) is 4.98 Å². The Kier molecular flexibility index (Phi) is 1.67. The summed E-state index contributed by atoms with van der Waals surface area (Å²) in [5.74, 6) is 0. The summed E-state index contributed by atoms with van der Waals surface area (Å²) in [5, 5.41) is 0. The number of rotatable bonds is 0. The minimum Gasteiger partial charge on any atom is -0.256 e. The van der Waals surface area contributed by atoms with E-state index in [4.69, 9.17) is 0 Å². The zero-order chi connectivity index (χ0) is 11.3. The van der Waals surface area contributed by atoms with Gasteiger partial charge in [-0.25, -0.2) is 0 Å². The summed E-state index contributed by atoms with van der Waals surface area (Å²) in [5.41, 5.74) is 0.759. The van der Waals surface area contributed by atoms with Gasteiger partial charge in [0.15, 0.2) is 0 Å². The van der Waals surface area contributed by atoms with Crippen LogP contribution in [0.25, 0.3) is 22.4 Å². The summed E-state index contributed by atoms with van der Waals surface area (Å²) in [6.45, 7) is 0. The van der Waals surface area contributed by atoms with Crippen LogP contribution in [0.1, 0.15) is 5.56 Å². The van der Waals surface area contributed by atoms with E-state index in [1.54, 1.807) is 24.4 Å². The second-order valence-corrected chi connectivity index (χ2v) is 3.59. The molecule has 2 aliphatic heterocycles. The molecule has 79 valence electrons. The highest BCUT2D eigenvalue weighted by molar-refractivity contribution is 5.75. The van der Waals surface area contributed by atoms with Gasteiger partial charge in [-0.2, -0.15) is 13.2 Å². The number of benzene rings is 1. The van der Waals surface area contributed by atoms with Crippen LogP contribution >= 0.6 is 0 Å². The van der Waals surface area contributed by atoms with Crippen molar-refractivity contribution >= 4 is 0 Å². The van der Waals surface area contributed by atoms with Crippen molar-refractivity contribution in [2.45, 2.75) is 6.18 Å². The second kappa shape index (κ2) is 2.84. The Balaban J connectivity index is 2.38. The molecule has 0 spiro atoms. The smallest absolute Gasteiger partial charge is 0.256 e. The van der Waals surface area contributed by atoms with Gasteiger partial charge in [-0.05, 0) is 11.6 Å². The summed E-state index contributed by atoms with van der Waals surface area (Å²) in [7, 11) is 0. The van der Waals surface area contributed by atoms with Crippen LogP contribution in [0.4, 0.5) is 13.2 Å². The van der Waals surface area contributed by atoms with Crippen LogP contribution in [0, 0.1) is 6.07 Å². The summed E-state index contributed by atoms with van der Waals surface area (Å²) >= 11 is 0. The molecule has 4 bridgehead atoms. The first-order valence-corrected chi connectivity index (χ1v) is 4.66. The van der Waals surface area contributed by atoms with Crippen LogP contribution in [-0.2, 0) is 6.18 Å². The minimum atomic E-state index is -4.39. The Hall–Kier alpha value is -1.84. The molecule has 0 atom stereocenters. The molecule has 4 aliphatic rings. The van der Waals surface area contributed by atoms with Gasteiger partial charge in [0.25, 0.3) is 0 Å². The molecular formula is C12H5F3N. The van der Waals surface area contributed by atoms with Crippen LogP contribution in [0.5, 0.6) is 0 Å². The predicted molar refractivity (Wildman–Crippen MR) is 52.5 cm³/mol. The first kappa shape index (κ1) is 9.39. The van der Waals surface area contributed by atoms with Crippen LogP contribution in [0.2, 0.25) is 0 Å². The maximum Gasteiger partial charge on any atom is 0.417 e. The van der Waals surface area contributed by atoms with Crippen molar-refractivity contribution in [2.75, 3.05) is 0 Å². The van der Waals surface area contributed by atoms with Crippen molar-refractivity contribution in [1.82, 2.24) is 4.98 Å². The van der Waals surface area contributed by atoms with Gasteiger partial charge >= 0.3 is 6.18 Å². The number of hydrogen-bond donors (Lipinski definition) is 0. The molecule has 1 aromatic carbocycles. The molecule has 0 fully saturated rings. The lowest BCUT2D eigenvalue weighted by Crippen LogP contribution is -2.09. The summed E-state index contributed by atoms with van der Waals surface area (Å²) in [6, 6.07) is 8.84. The molecule has 16 heavy (non-hydrogen) atoms. The van der Waals surface area contributed by atoms with Crippen LogP contribution in [-0.4, -0.2) is 4.98 Å². The minimum absolute atomic E-state index is 0.0856. The third kappa shape index (κ3) is 1.23. The number of hydrogen-bond acceptors (Lipinski definition) is 1. The summed E-state index contributed by atoms with van der Waals surface area (Å²) in [4.78, 5) is 4.00. The monoisotopic (exact) mass is 220 g/mol. The van der Waals surface area contributed by atoms with Gasteiger partial charge in [-0.1, -0.05) is 18.2 Å². The molecule has 4 heteroatoms. The molecule has 0 saturated heterocycles.